The zero-order chi connectivity index (χ0) is 31.2. The van der Waals surface area contributed by atoms with Crippen LogP contribution in [0.25, 0.3) is 0 Å². The van der Waals surface area contributed by atoms with Gasteiger partial charge in [0.1, 0.15) is 12.0 Å². The Balaban J connectivity index is 2.07. The number of carbonyl (C=O) groups excluding carboxylic acids is 1. The summed E-state index contributed by atoms with van der Waals surface area (Å²) in [5, 5.41) is 21.7. The number of anilines is 1. The van der Waals surface area contributed by atoms with E-state index < -0.39 is 80.9 Å². The van der Waals surface area contributed by atoms with Gasteiger partial charge >= 0.3 is 12.4 Å². The van der Waals surface area contributed by atoms with Crippen LogP contribution in [0, 0.1) is 5.82 Å². The van der Waals surface area contributed by atoms with Crippen molar-refractivity contribution in [3.63, 3.8) is 0 Å². The van der Waals surface area contributed by atoms with Crippen molar-refractivity contribution in [1.82, 2.24) is 5.32 Å². The molecule has 0 aromatic heterocycles. The number of nitrogens with zero attached hydrogens (tertiary/aromatic N) is 1. The van der Waals surface area contributed by atoms with Crippen molar-refractivity contribution in [1.29, 1.82) is 0 Å². The number of alkyl halides is 7. The molecule has 1 heterocycles. The van der Waals surface area contributed by atoms with Crippen LogP contribution in [-0.2, 0) is 26.8 Å². The number of carbonyl (C=O) groups is 1. The molecule has 0 spiro atoms. The van der Waals surface area contributed by atoms with Gasteiger partial charge in [0.25, 0.3) is 15.6 Å². The molecule has 0 saturated heterocycles. The second-order valence-electron chi connectivity index (χ2n) is 10.1. The minimum absolute atomic E-state index is 0.273. The molecule has 1 aliphatic rings. The first kappa shape index (κ1) is 32.5. The van der Waals surface area contributed by atoms with E-state index in [2.05, 4.69) is 5.32 Å². The Morgan fingerprint density at radius 2 is 1.59 bits per heavy atom. The molecule has 2 atom stereocenters. The number of nitrogens with one attached hydrogen (secondary N) is 1. The monoisotopic (exact) mass is 618 g/mol. The van der Waals surface area contributed by atoms with Crippen LogP contribution in [0.2, 0.25) is 0 Å². The Labute approximate surface area is 229 Å². The lowest BCUT2D eigenvalue weighted by molar-refractivity contribution is -0.376. The molecule has 0 bridgehead atoms. The smallest absolute Gasteiger partial charge is 0.387 e. The molecule has 7 nitrogen and oxygen atoms in total. The molecule has 0 fully saturated rings. The van der Waals surface area contributed by atoms with Crippen molar-refractivity contribution >= 4 is 21.6 Å². The van der Waals surface area contributed by atoms with E-state index in [1.165, 1.54) is 0 Å². The predicted octanol–water partition coefficient (Wildman–Crippen LogP) is 4.26. The molecule has 0 saturated carbocycles. The highest BCUT2D eigenvalue weighted by molar-refractivity contribution is 7.92. The van der Waals surface area contributed by atoms with E-state index in [0.29, 0.717) is 16.4 Å². The minimum atomic E-state index is -6.17. The van der Waals surface area contributed by atoms with Gasteiger partial charge in [0.05, 0.1) is 28.8 Å². The number of amides is 1. The zero-order valence-corrected chi connectivity index (χ0v) is 22.3. The Hall–Kier alpha value is -2.98. The Morgan fingerprint density at radius 3 is 2.10 bits per heavy atom. The molecule has 2 aromatic rings. The third kappa shape index (κ3) is 6.43. The fraction of sp³-hybridized carbons (Fsp3) is 0.480. The molecule has 228 valence electrons. The lowest BCUT2D eigenvalue weighted by Gasteiger charge is -2.39. The summed E-state index contributed by atoms with van der Waals surface area (Å²) in [6.07, 6.45) is -15.4. The second kappa shape index (κ2) is 11.0. The molecular formula is C25H26F8N2O5S. The summed E-state index contributed by atoms with van der Waals surface area (Å²) in [6, 6.07) is 3.49. The van der Waals surface area contributed by atoms with Gasteiger partial charge in [-0.1, -0.05) is 12.1 Å². The van der Waals surface area contributed by atoms with Gasteiger partial charge in [-0.05, 0) is 62.6 Å². The van der Waals surface area contributed by atoms with E-state index in [1.54, 1.807) is 0 Å². The highest BCUT2D eigenvalue weighted by Gasteiger charge is 2.71. The average Bonchev–Trinajstić information content (AvgIpc) is 2.84. The summed E-state index contributed by atoms with van der Waals surface area (Å²) in [6.45, 7) is 1.69. The van der Waals surface area contributed by atoms with Crippen molar-refractivity contribution < 1.29 is 58.5 Å². The molecule has 2 aromatic carbocycles. The van der Waals surface area contributed by atoms with Crippen LogP contribution in [0.5, 0.6) is 0 Å². The van der Waals surface area contributed by atoms with Crippen molar-refractivity contribution in [2.75, 3.05) is 10.8 Å². The van der Waals surface area contributed by atoms with Crippen LogP contribution in [0.4, 0.5) is 40.8 Å². The first-order valence-corrected chi connectivity index (χ1v) is 13.5. The maximum atomic E-state index is 14.1. The maximum absolute atomic E-state index is 14.1. The number of aryl methyl sites for hydroxylation is 1. The van der Waals surface area contributed by atoms with Gasteiger partial charge in [0.15, 0.2) is 0 Å². The molecular weight excluding hydrogens is 592 g/mol. The van der Waals surface area contributed by atoms with E-state index in [-0.39, 0.29) is 30.2 Å². The topological polar surface area (TPSA) is 107 Å². The van der Waals surface area contributed by atoms with E-state index in [0.717, 1.165) is 38.1 Å². The second-order valence-corrected chi connectivity index (χ2v) is 11.9. The van der Waals surface area contributed by atoms with Crippen LogP contribution in [0.1, 0.15) is 37.8 Å². The van der Waals surface area contributed by atoms with Gasteiger partial charge in [-0.2, -0.15) is 26.3 Å². The lowest BCUT2D eigenvalue weighted by Crippen LogP contribution is -2.54. The number of rotatable bonds is 8. The van der Waals surface area contributed by atoms with Crippen LogP contribution >= 0.6 is 0 Å². The van der Waals surface area contributed by atoms with Gasteiger partial charge in [-0.15, -0.1) is 0 Å². The average molecular weight is 619 g/mol. The van der Waals surface area contributed by atoms with Crippen LogP contribution in [-0.4, -0.2) is 61.2 Å². The van der Waals surface area contributed by atoms with Gasteiger partial charge in [0.2, 0.25) is 5.91 Å². The number of sulfonamides is 1. The molecule has 1 amide bonds. The van der Waals surface area contributed by atoms with Crippen LogP contribution in [0.3, 0.4) is 0 Å². The first-order valence-electron chi connectivity index (χ1n) is 12.0. The highest BCUT2D eigenvalue weighted by atomic mass is 32.2. The summed E-state index contributed by atoms with van der Waals surface area (Å²) in [7, 11) is -4.68. The third-order valence-electron chi connectivity index (χ3n) is 6.67. The van der Waals surface area contributed by atoms with Gasteiger partial charge in [0, 0.05) is 12.0 Å². The van der Waals surface area contributed by atoms with E-state index >= 15 is 0 Å². The molecule has 0 unspecified atom stereocenters. The lowest BCUT2D eigenvalue weighted by atomic mass is 9.87. The molecule has 3 rings (SSSR count). The van der Waals surface area contributed by atoms with Crippen molar-refractivity contribution in [2.24, 2.45) is 0 Å². The normalized spacial score (nSPS) is 17.7. The molecule has 0 radical (unpaired) electrons. The zero-order valence-electron chi connectivity index (χ0n) is 21.5. The van der Waals surface area contributed by atoms with Gasteiger partial charge in [-0.25, -0.2) is 17.2 Å². The van der Waals surface area contributed by atoms with E-state index in [9.17, 15) is 58.5 Å². The number of hydrogen-bond donors (Lipinski definition) is 3. The summed E-state index contributed by atoms with van der Waals surface area (Å²) in [4.78, 5) is 12.1. The fourth-order valence-electron chi connectivity index (χ4n) is 4.32. The first-order chi connectivity index (χ1) is 18.6. The molecule has 3 N–H and O–H groups in total. The largest absolute Gasteiger partial charge is 0.430 e. The Kier molecular flexibility index (Phi) is 8.74. The Morgan fingerprint density at radius 1 is 1.02 bits per heavy atom. The van der Waals surface area contributed by atoms with Crippen molar-refractivity contribution in [3.05, 3.63) is 59.4 Å². The van der Waals surface area contributed by atoms with E-state index in [4.69, 9.17) is 0 Å². The standard InChI is InChI=1S/C25H26F8N2O5S/c1-22(2,37)20(27)13-34-21(36)12-17-7-3-14-11-15(23(38,24(28,29)30)25(31,32)33)4-10-19(14)35(17)41(39,40)18-8-5-16(26)6-9-18/h4-6,8-11,17,20,37-38H,3,7,12-13H2,1-2H3,(H,34,36)/t17-,20+/m0/s1. The fourth-order valence-corrected chi connectivity index (χ4v) is 6.04. The number of fused-ring (bicyclic) bond motifs is 1. The maximum Gasteiger partial charge on any atom is 0.430 e. The molecule has 0 aliphatic carbocycles. The van der Waals surface area contributed by atoms with Crippen LogP contribution in [0.15, 0.2) is 47.4 Å². The number of halogens is 8. The third-order valence-corrected chi connectivity index (χ3v) is 8.55. The number of hydrogen-bond acceptors (Lipinski definition) is 5. The van der Waals surface area contributed by atoms with Gasteiger partial charge in [-0.3, -0.25) is 9.10 Å². The summed E-state index contributed by atoms with van der Waals surface area (Å²) in [5.41, 5.74) is -9.32. The molecule has 41 heavy (non-hydrogen) atoms. The molecule has 1 aliphatic heterocycles. The quantitative estimate of drug-likeness (QED) is 0.384. The SMILES string of the molecule is CC(C)(O)[C@H](F)CNC(=O)C[C@@H]1CCc2cc(C(O)(C(F)(F)F)C(F)(F)F)ccc2N1S(=O)(=O)c1ccc(F)cc1. The number of benzene rings is 2. The highest BCUT2D eigenvalue weighted by Crippen LogP contribution is 2.51. The summed E-state index contributed by atoms with van der Waals surface area (Å²) < 4.78 is 136. The van der Waals surface area contributed by atoms with Crippen LogP contribution < -0.4 is 9.62 Å². The number of aliphatic hydroxyl groups is 2. The van der Waals surface area contributed by atoms with Crippen molar-refractivity contribution in [2.45, 2.75) is 73.8 Å². The van der Waals surface area contributed by atoms with Gasteiger partial charge < -0.3 is 15.5 Å². The van der Waals surface area contributed by atoms with Crippen molar-refractivity contribution in [3.8, 4) is 0 Å². The predicted molar refractivity (Wildman–Crippen MR) is 129 cm³/mol. The minimum Gasteiger partial charge on any atom is -0.387 e. The summed E-state index contributed by atoms with van der Waals surface area (Å²) in [5.74, 6) is -1.65. The molecule has 16 heteroatoms. The van der Waals surface area contributed by atoms with E-state index in [1.807, 2.05) is 0 Å². The summed E-state index contributed by atoms with van der Waals surface area (Å²) >= 11 is 0. The Bertz CT molecular complexity index is 1360.